The molecule has 0 atom stereocenters. The van der Waals surface area contributed by atoms with Crippen molar-refractivity contribution in [1.82, 2.24) is 4.98 Å². The average molecular weight is 181 g/mol. The smallest absolute Gasteiger partial charge is 0.381 e. The zero-order valence-corrected chi connectivity index (χ0v) is 7.80. The maximum absolute atomic E-state index is 11.3. The Balaban J connectivity index is 3.01. The fourth-order valence-electron chi connectivity index (χ4n) is 1.16. The van der Waals surface area contributed by atoms with Crippen LogP contribution in [0.3, 0.4) is 0 Å². The van der Waals surface area contributed by atoms with E-state index in [9.17, 15) is 9.59 Å². The first-order valence-electron chi connectivity index (χ1n) is 3.85. The molecule has 1 rings (SSSR count). The predicted molar refractivity (Wildman–Crippen MR) is 46.6 cm³/mol. The van der Waals surface area contributed by atoms with Gasteiger partial charge in [0.05, 0.1) is 12.8 Å². The minimum absolute atomic E-state index is 0.310. The normalized spacial score (nSPS) is 9.77. The van der Waals surface area contributed by atoms with Gasteiger partial charge >= 0.3 is 5.97 Å². The van der Waals surface area contributed by atoms with E-state index in [4.69, 9.17) is 0 Å². The highest BCUT2D eigenvalue weighted by molar-refractivity contribution is 6.40. The van der Waals surface area contributed by atoms with Gasteiger partial charge in [-0.2, -0.15) is 0 Å². The van der Waals surface area contributed by atoms with Crippen LogP contribution in [0.4, 0.5) is 0 Å². The summed E-state index contributed by atoms with van der Waals surface area (Å²) in [7, 11) is 1.19. The van der Waals surface area contributed by atoms with E-state index in [1.165, 1.54) is 7.11 Å². The number of nitrogens with one attached hydrogen (secondary N) is 1. The van der Waals surface area contributed by atoms with E-state index in [0.29, 0.717) is 5.69 Å². The molecule has 0 aliphatic rings. The summed E-state index contributed by atoms with van der Waals surface area (Å²) >= 11 is 0. The fraction of sp³-hybridized carbons (Fsp3) is 0.333. The van der Waals surface area contributed by atoms with Gasteiger partial charge in [-0.25, -0.2) is 4.79 Å². The highest BCUT2D eigenvalue weighted by atomic mass is 16.5. The van der Waals surface area contributed by atoms with Gasteiger partial charge in [-0.15, -0.1) is 0 Å². The zero-order chi connectivity index (χ0) is 10.0. The maximum Gasteiger partial charge on any atom is 0.381 e. The molecule has 13 heavy (non-hydrogen) atoms. The van der Waals surface area contributed by atoms with Crippen molar-refractivity contribution in [2.75, 3.05) is 7.11 Å². The van der Waals surface area contributed by atoms with Gasteiger partial charge in [-0.3, -0.25) is 4.79 Å². The van der Waals surface area contributed by atoms with Gasteiger partial charge in [0.25, 0.3) is 5.78 Å². The third-order valence-corrected chi connectivity index (χ3v) is 1.75. The quantitative estimate of drug-likeness (QED) is 0.420. The summed E-state index contributed by atoms with van der Waals surface area (Å²) in [6, 6.07) is 1.80. The molecule has 4 heteroatoms. The zero-order valence-electron chi connectivity index (χ0n) is 7.80. The Morgan fingerprint density at radius 2 is 2.00 bits per heavy atom. The van der Waals surface area contributed by atoms with Crippen molar-refractivity contribution in [2.45, 2.75) is 13.8 Å². The first-order chi connectivity index (χ1) is 6.06. The summed E-state index contributed by atoms with van der Waals surface area (Å²) < 4.78 is 4.32. The monoisotopic (exact) mass is 181 g/mol. The van der Waals surface area contributed by atoms with Crippen LogP contribution in [-0.2, 0) is 9.53 Å². The van der Waals surface area contributed by atoms with Crippen LogP contribution in [0.25, 0.3) is 0 Å². The summed E-state index contributed by atoms with van der Waals surface area (Å²) in [5.74, 6) is -1.47. The summed E-state index contributed by atoms with van der Waals surface area (Å²) in [6.07, 6.45) is 0. The van der Waals surface area contributed by atoms with E-state index >= 15 is 0 Å². The standard InChI is InChI=1S/C9H11NO3/c1-5-4-6(2)10-7(5)8(11)9(12)13-3/h4,10H,1-3H3. The molecule has 0 aliphatic carbocycles. The molecule has 0 fully saturated rings. The second-order valence-electron chi connectivity index (χ2n) is 2.83. The molecule has 70 valence electrons. The number of ketones is 1. The van der Waals surface area contributed by atoms with Crippen molar-refractivity contribution in [1.29, 1.82) is 0 Å². The molecule has 1 heterocycles. The minimum atomic E-state index is -0.843. The summed E-state index contributed by atoms with van der Waals surface area (Å²) in [6.45, 7) is 3.58. The van der Waals surface area contributed by atoms with Crippen LogP contribution in [-0.4, -0.2) is 23.8 Å². The Kier molecular flexibility index (Phi) is 2.51. The van der Waals surface area contributed by atoms with Crippen LogP contribution in [0.15, 0.2) is 6.07 Å². The number of Topliss-reactive ketones (excluding diaryl/α,β-unsaturated/α-hetero) is 1. The molecule has 1 aromatic heterocycles. The van der Waals surface area contributed by atoms with Crippen molar-refractivity contribution in [3.05, 3.63) is 23.0 Å². The van der Waals surface area contributed by atoms with Gasteiger partial charge in [0.2, 0.25) is 0 Å². The Morgan fingerprint density at radius 1 is 1.38 bits per heavy atom. The number of hydrogen-bond donors (Lipinski definition) is 1. The molecule has 0 aliphatic heterocycles. The third kappa shape index (κ3) is 1.77. The second kappa shape index (κ2) is 3.43. The Bertz CT molecular complexity index is 352. The third-order valence-electron chi connectivity index (χ3n) is 1.75. The van der Waals surface area contributed by atoms with Gasteiger partial charge < -0.3 is 9.72 Å². The second-order valence-corrected chi connectivity index (χ2v) is 2.83. The number of aryl methyl sites for hydroxylation is 2. The number of hydrogen-bond acceptors (Lipinski definition) is 3. The van der Waals surface area contributed by atoms with Crippen LogP contribution in [0.5, 0.6) is 0 Å². The lowest BCUT2D eigenvalue weighted by molar-refractivity contribution is -0.135. The molecule has 0 amide bonds. The number of H-pyrrole nitrogens is 1. The molecule has 0 bridgehead atoms. The van der Waals surface area contributed by atoms with Crippen molar-refractivity contribution in [2.24, 2.45) is 0 Å². The number of carbonyl (C=O) groups is 2. The van der Waals surface area contributed by atoms with Crippen LogP contribution in [0, 0.1) is 13.8 Å². The van der Waals surface area contributed by atoms with E-state index in [0.717, 1.165) is 11.3 Å². The molecular weight excluding hydrogens is 170 g/mol. The molecule has 0 spiro atoms. The lowest BCUT2D eigenvalue weighted by Gasteiger charge is -1.96. The topological polar surface area (TPSA) is 59.2 Å². The van der Waals surface area contributed by atoms with Crippen LogP contribution in [0.1, 0.15) is 21.7 Å². The molecule has 1 aromatic rings. The molecule has 4 nitrogen and oxygen atoms in total. The fourth-order valence-corrected chi connectivity index (χ4v) is 1.16. The summed E-state index contributed by atoms with van der Waals surface area (Å²) in [5.41, 5.74) is 1.92. The molecule has 0 saturated heterocycles. The van der Waals surface area contributed by atoms with E-state index in [1.54, 1.807) is 13.0 Å². The van der Waals surface area contributed by atoms with E-state index in [-0.39, 0.29) is 0 Å². The highest BCUT2D eigenvalue weighted by Crippen LogP contribution is 2.09. The Morgan fingerprint density at radius 3 is 2.38 bits per heavy atom. The number of aromatic nitrogens is 1. The van der Waals surface area contributed by atoms with Crippen molar-refractivity contribution in [3.63, 3.8) is 0 Å². The van der Waals surface area contributed by atoms with Crippen LogP contribution >= 0.6 is 0 Å². The van der Waals surface area contributed by atoms with E-state index < -0.39 is 11.8 Å². The number of methoxy groups -OCH3 is 1. The number of aromatic amines is 1. The molecular formula is C9H11NO3. The van der Waals surface area contributed by atoms with Crippen molar-refractivity contribution >= 4 is 11.8 Å². The molecule has 0 radical (unpaired) electrons. The lowest BCUT2D eigenvalue weighted by atomic mass is 10.2. The highest BCUT2D eigenvalue weighted by Gasteiger charge is 2.20. The number of carbonyl (C=O) groups excluding carboxylic acids is 2. The lowest BCUT2D eigenvalue weighted by Crippen LogP contribution is -2.16. The van der Waals surface area contributed by atoms with Gasteiger partial charge in [-0.1, -0.05) is 0 Å². The summed E-state index contributed by atoms with van der Waals surface area (Å²) in [4.78, 5) is 25.0. The Hall–Kier alpha value is -1.58. The molecule has 0 unspecified atom stereocenters. The van der Waals surface area contributed by atoms with Gasteiger partial charge in [-0.05, 0) is 25.5 Å². The average Bonchev–Trinajstić information content (AvgIpc) is 2.42. The van der Waals surface area contributed by atoms with Crippen LogP contribution < -0.4 is 0 Å². The molecule has 1 N–H and O–H groups in total. The first kappa shape index (κ1) is 9.51. The number of rotatable bonds is 2. The first-order valence-corrected chi connectivity index (χ1v) is 3.85. The van der Waals surface area contributed by atoms with E-state index in [1.807, 2.05) is 6.92 Å². The van der Waals surface area contributed by atoms with Crippen molar-refractivity contribution in [3.8, 4) is 0 Å². The maximum atomic E-state index is 11.3. The number of esters is 1. The minimum Gasteiger partial charge on any atom is -0.463 e. The Labute approximate surface area is 75.9 Å². The predicted octanol–water partition coefficient (Wildman–Crippen LogP) is 0.987. The largest absolute Gasteiger partial charge is 0.463 e. The van der Waals surface area contributed by atoms with Gasteiger partial charge in [0.1, 0.15) is 0 Å². The summed E-state index contributed by atoms with van der Waals surface area (Å²) in [5, 5.41) is 0. The van der Waals surface area contributed by atoms with Gasteiger partial charge in [0.15, 0.2) is 0 Å². The molecule has 0 saturated carbocycles. The van der Waals surface area contributed by atoms with E-state index in [2.05, 4.69) is 9.72 Å². The van der Waals surface area contributed by atoms with Crippen molar-refractivity contribution < 1.29 is 14.3 Å². The number of ether oxygens (including phenoxy) is 1. The van der Waals surface area contributed by atoms with Gasteiger partial charge in [0, 0.05) is 5.69 Å². The SMILES string of the molecule is COC(=O)C(=O)c1[nH]c(C)cc1C. The molecule has 0 aromatic carbocycles. The van der Waals surface area contributed by atoms with Crippen LogP contribution in [0.2, 0.25) is 0 Å².